The average Bonchev–Trinajstić information content (AvgIpc) is 2.50. The van der Waals surface area contributed by atoms with Crippen LogP contribution in [0.25, 0.3) is 0 Å². The van der Waals surface area contributed by atoms with Gasteiger partial charge in [0.2, 0.25) is 0 Å². The van der Waals surface area contributed by atoms with Crippen molar-refractivity contribution in [2.24, 2.45) is 5.73 Å². The second kappa shape index (κ2) is 6.86. The molecule has 2 aromatic rings. The van der Waals surface area contributed by atoms with Gasteiger partial charge in [-0.25, -0.2) is 0 Å². The van der Waals surface area contributed by atoms with Gasteiger partial charge in [0, 0.05) is 25.7 Å². The van der Waals surface area contributed by atoms with E-state index in [2.05, 4.69) is 68.1 Å². The zero-order chi connectivity index (χ0) is 16.4. The summed E-state index contributed by atoms with van der Waals surface area (Å²) in [7, 11) is 0. The number of benzene rings is 2. The number of hydrogen-bond donors (Lipinski definition) is 1. The second-order valence-electron chi connectivity index (χ2n) is 7.23. The molecule has 1 aliphatic heterocycles. The minimum absolute atomic E-state index is 0.263. The molecular weight excluding hydrogens is 280 g/mol. The summed E-state index contributed by atoms with van der Waals surface area (Å²) in [6.45, 7) is 9.64. The summed E-state index contributed by atoms with van der Waals surface area (Å²) in [6, 6.07) is 15.9. The van der Waals surface area contributed by atoms with Crippen LogP contribution < -0.4 is 5.73 Å². The molecule has 2 aromatic carbocycles. The van der Waals surface area contributed by atoms with E-state index in [0.717, 1.165) is 26.1 Å². The maximum absolute atomic E-state index is 6.37. The second-order valence-corrected chi connectivity index (χ2v) is 7.23. The highest BCUT2D eigenvalue weighted by Crippen LogP contribution is 2.28. The Morgan fingerprint density at radius 3 is 2.57 bits per heavy atom. The molecule has 2 N–H and O–H groups in total. The predicted molar refractivity (Wildman–Crippen MR) is 97.7 cm³/mol. The summed E-state index contributed by atoms with van der Waals surface area (Å²) in [5.41, 5.74) is 13.3. The lowest BCUT2D eigenvalue weighted by Crippen LogP contribution is -2.45. The maximum Gasteiger partial charge on any atom is 0.0237 e. The van der Waals surface area contributed by atoms with Crippen LogP contribution in [0.1, 0.15) is 40.2 Å². The highest BCUT2D eigenvalue weighted by atomic mass is 15.1. The van der Waals surface area contributed by atoms with Crippen LogP contribution in [0.5, 0.6) is 0 Å². The highest BCUT2D eigenvalue weighted by molar-refractivity contribution is 5.31. The van der Waals surface area contributed by atoms with Crippen LogP contribution >= 0.6 is 0 Å². The molecule has 1 saturated heterocycles. The third kappa shape index (κ3) is 4.01. The van der Waals surface area contributed by atoms with Crippen molar-refractivity contribution in [2.45, 2.75) is 45.7 Å². The van der Waals surface area contributed by atoms with Crippen LogP contribution in [-0.4, -0.2) is 24.0 Å². The van der Waals surface area contributed by atoms with Crippen molar-refractivity contribution in [1.82, 2.24) is 4.90 Å². The first kappa shape index (κ1) is 16.2. The SMILES string of the molecule is Cc1cccc(C2CC(N)CN(Cc3cc(C)ccc3C)C2)c1. The summed E-state index contributed by atoms with van der Waals surface area (Å²) in [5.74, 6) is 0.545. The first-order chi connectivity index (χ1) is 11.0. The van der Waals surface area contributed by atoms with Gasteiger partial charge in [-0.3, -0.25) is 4.90 Å². The van der Waals surface area contributed by atoms with Gasteiger partial charge in [-0.15, -0.1) is 0 Å². The van der Waals surface area contributed by atoms with Crippen molar-refractivity contribution in [2.75, 3.05) is 13.1 Å². The Morgan fingerprint density at radius 2 is 1.78 bits per heavy atom. The van der Waals surface area contributed by atoms with E-state index in [1.165, 1.54) is 27.8 Å². The van der Waals surface area contributed by atoms with Crippen LogP contribution in [0.15, 0.2) is 42.5 Å². The van der Waals surface area contributed by atoms with Crippen molar-refractivity contribution in [1.29, 1.82) is 0 Å². The number of nitrogens with zero attached hydrogens (tertiary/aromatic N) is 1. The summed E-state index contributed by atoms with van der Waals surface area (Å²) in [4.78, 5) is 2.53. The highest BCUT2D eigenvalue weighted by Gasteiger charge is 2.26. The molecule has 0 saturated carbocycles. The van der Waals surface area contributed by atoms with Crippen molar-refractivity contribution < 1.29 is 0 Å². The Balaban J connectivity index is 1.76. The van der Waals surface area contributed by atoms with Crippen LogP contribution in [0.3, 0.4) is 0 Å². The third-order valence-corrected chi connectivity index (χ3v) is 4.97. The standard InChI is InChI=1S/C21H28N2/c1-15-5-4-6-18(9-15)20-11-21(22)14-23(13-20)12-19-10-16(2)7-8-17(19)3/h4-10,20-21H,11-14,22H2,1-3H3. The van der Waals surface area contributed by atoms with Gasteiger partial charge in [-0.1, -0.05) is 53.6 Å². The van der Waals surface area contributed by atoms with Crippen molar-refractivity contribution >= 4 is 0 Å². The van der Waals surface area contributed by atoms with E-state index in [1.54, 1.807) is 0 Å². The van der Waals surface area contributed by atoms with Gasteiger partial charge < -0.3 is 5.73 Å². The molecule has 2 heteroatoms. The Morgan fingerprint density at radius 1 is 1.00 bits per heavy atom. The monoisotopic (exact) mass is 308 g/mol. The topological polar surface area (TPSA) is 29.3 Å². The molecule has 2 unspecified atom stereocenters. The molecule has 0 radical (unpaired) electrons. The summed E-state index contributed by atoms with van der Waals surface area (Å²) in [5, 5.41) is 0. The fourth-order valence-electron chi connectivity index (χ4n) is 3.74. The lowest BCUT2D eigenvalue weighted by atomic mass is 9.87. The first-order valence-electron chi connectivity index (χ1n) is 8.62. The van der Waals surface area contributed by atoms with Crippen LogP contribution in [0, 0.1) is 20.8 Å². The van der Waals surface area contributed by atoms with Gasteiger partial charge in [0.05, 0.1) is 0 Å². The van der Waals surface area contributed by atoms with E-state index in [4.69, 9.17) is 5.73 Å². The number of piperidine rings is 1. The van der Waals surface area contributed by atoms with Crippen molar-refractivity contribution in [3.05, 3.63) is 70.3 Å². The number of rotatable bonds is 3. The molecule has 2 atom stereocenters. The maximum atomic E-state index is 6.37. The van der Waals surface area contributed by atoms with E-state index in [-0.39, 0.29) is 6.04 Å². The summed E-state index contributed by atoms with van der Waals surface area (Å²) >= 11 is 0. The quantitative estimate of drug-likeness (QED) is 0.931. The molecule has 3 rings (SSSR count). The number of likely N-dealkylation sites (tertiary alicyclic amines) is 1. The molecule has 2 nitrogen and oxygen atoms in total. The Kier molecular flexibility index (Phi) is 4.84. The van der Waals surface area contributed by atoms with Gasteiger partial charge >= 0.3 is 0 Å². The minimum atomic E-state index is 0.263. The fourth-order valence-corrected chi connectivity index (χ4v) is 3.74. The minimum Gasteiger partial charge on any atom is -0.327 e. The van der Waals surface area contributed by atoms with Crippen molar-refractivity contribution in [3.63, 3.8) is 0 Å². The zero-order valence-corrected chi connectivity index (χ0v) is 14.5. The van der Waals surface area contributed by atoms with Gasteiger partial charge in [-0.2, -0.15) is 0 Å². The van der Waals surface area contributed by atoms with E-state index < -0.39 is 0 Å². The Labute approximate surface area is 140 Å². The molecule has 0 aromatic heterocycles. The average molecular weight is 308 g/mol. The van der Waals surface area contributed by atoms with E-state index in [0.29, 0.717) is 5.92 Å². The van der Waals surface area contributed by atoms with Gasteiger partial charge in [0.15, 0.2) is 0 Å². The summed E-state index contributed by atoms with van der Waals surface area (Å²) < 4.78 is 0. The molecule has 122 valence electrons. The van der Waals surface area contributed by atoms with E-state index >= 15 is 0 Å². The van der Waals surface area contributed by atoms with Crippen LogP contribution in [-0.2, 0) is 6.54 Å². The normalized spacial score (nSPS) is 22.3. The number of aryl methyl sites for hydroxylation is 3. The van der Waals surface area contributed by atoms with Crippen LogP contribution in [0.4, 0.5) is 0 Å². The Bertz CT molecular complexity index is 677. The smallest absolute Gasteiger partial charge is 0.0237 e. The van der Waals surface area contributed by atoms with Crippen molar-refractivity contribution in [3.8, 4) is 0 Å². The predicted octanol–water partition coefficient (Wildman–Crippen LogP) is 3.93. The van der Waals surface area contributed by atoms with Gasteiger partial charge in [0.1, 0.15) is 0 Å². The molecule has 0 spiro atoms. The fraction of sp³-hybridized carbons (Fsp3) is 0.429. The number of nitrogens with two attached hydrogens (primary N) is 1. The molecular formula is C21H28N2. The Hall–Kier alpha value is -1.64. The lowest BCUT2D eigenvalue weighted by Gasteiger charge is -2.37. The van der Waals surface area contributed by atoms with E-state index in [9.17, 15) is 0 Å². The molecule has 1 fully saturated rings. The third-order valence-electron chi connectivity index (χ3n) is 4.97. The summed E-state index contributed by atoms with van der Waals surface area (Å²) in [6.07, 6.45) is 1.09. The van der Waals surface area contributed by atoms with Crippen LogP contribution in [0.2, 0.25) is 0 Å². The van der Waals surface area contributed by atoms with Gasteiger partial charge in [-0.05, 0) is 49.8 Å². The lowest BCUT2D eigenvalue weighted by molar-refractivity contribution is 0.181. The first-order valence-corrected chi connectivity index (χ1v) is 8.62. The molecule has 1 heterocycles. The molecule has 0 bridgehead atoms. The van der Waals surface area contributed by atoms with E-state index in [1.807, 2.05) is 0 Å². The molecule has 0 aliphatic carbocycles. The largest absolute Gasteiger partial charge is 0.327 e. The van der Waals surface area contributed by atoms with Gasteiger partial charge in [0.25, 0.3) is 0 Å². The zero-order valence-electron chi connectivity index (χ0n) is 14.5. The molecule has 0 amide bonds. The molecule has 23 heavy (non-hydrogen) atoms. The molecule has 1 aliphatic rings. The number of hydrogen-bond acceptors (Lipinski definition) is 2.